The minimum absolute atomic E-state index is 0.00577. The number of fused-ring (bicyclic) bond motifs is 3. The average molecular weight is 508 g/mol. The maximum atomic E-state index is 14.3. The van der Waals surface area contributed by atoms with Gasteiger partial charge in [-0.25, -0.2) is 0 Å². The lowest BCUT2D eigenvalue weighted by Crippen LogP contribution is -2.39. The van der Waals surface area contributed by atoms with Gasteiger partial charge in [-0.05, 0) is 70.1 Å². The standard InChI is InChI=1S/C29H33NO7/c1-29(2,33)23-13-19-21(36-23)14-22-25(27(19)35-17-5-3-4-6-17)26(32)24-18(11-12-20(31)28(24)37-22)15-7-9-16(30-34)10-8-15/h7-10,14,17-18,20,23,30-31,33-34H,3-6,11-13H2,1-2H3. The molecule has 1 aromatic heterocycles. The normalized spacial score (nSPS) is 23.5. The van der Waals surface area contributed by atoms with Crippen molar-refractivity contribution in [1.29, 1.82) is 0 Å². The number of anilines is 1. The van der Waals surface area contributed by atoms with Gasteiger partial charge in [-0.1, -0.05) is 12.1 Å². The summed E-state index contributed by atoms with van der Waals surface area (Å²) in [5.74, 6) is 1.05. The summed E-state index contributed by atoms with van der Waals surface area (Å²) < 4.78 is 19.0. The van der Waals surface area contributed by atoms with Crippen LogP contribution in [0.2, 0.25) is 0 Å². The molecule has 2 heterocycles. The monoisotopic (exact) mass is 507 g/mol. The van der Waals surface area contributed by atoms with E-state index in [0.29, 0.717) is 53.0 Å². The molecule has 8 heteroatoms. The van der Waals surface area contributed by atoms with Crippen molar-refractivity contribution >= 4 is 16.7 Å². The average Bonchev–Trinajstić information content (AvgIpc) is 3.55. The molecule has 0 amide bonds. The number of hydrogen-bond donors (Lipinski definition) is 4. The van der Waals surface area contributed by atoms with Crippen molar-refractivity contribution in [3.8, 4) is 11.5 Å². The smallest absolute Gasteiger partial charge is 0.200 e. The van der Waals surface area contributed by atoms with Crippen LogP contribution in [0.25, 0.3) is 11.0 Å². The number of rotatable bonds is 5. The SMILES string of the molecule is CC(C)(O)C1Cc2c(cc3oc4c(c(=O)c3c2OC2CCCC2)C(c2ccc(NO)cc2)CCC4O)O1. The van der Waals surface area contributed by atoms with E-state index in [1.165, 1.54) is 0 Å². The molecule has 6 rings (SSSR count). The summed E-state index contributed by atoms with van der Waals surface area (Å²) >= 11 is 0. The zero-order chi connectivity index (χ0) is 25.9. The summed E-state index contributed by atoms with van der Waals surface area (Å²) in [6.07, 6.45) is 4.11. The highest BCUT2D eigenvalue weighted by atomic mass is 16.5. The zero-order valence-electron chi connectivity index (χ0n) is 21.1. The topological polar surface area (TPSA) is 121 Å². The van der Waals surface area contributed by atoms with Gasteiger partial charge in [0.2, 0.25) is 5.43 Å². The molecule has 3 unspecified atom stereocenters. The Morgan fingerprint density at radius 3 is 2.49 bits per heavy atom. The highest BCUT2D eigenvalue weighted by Gasteiger charge is 2.40. The predicted molar refractivity (Wildman–Crippen MR) is 138 cm³/mol. The Labute approximate surface area is 214 Å². The van der Waals surface area contributed by atoms with Crippen LogP contribution >= 0.6 is 0 Å². The van der Waals surface area contributed by atoms with Gasteiger partial charge in [0.1, 0.15) is 40.4 Å². The van der Waals surface area contributed by atoms with E-state index in [9.17, 15) is 20.2 Å². The summed E-state index contributed by atoms with van der Waals surface area (Å²) in [4.78, 5) is 14.3. The van der Waals surface area contributed by atoms with E-state index in [4.69, 9.17) is 13.9 Å². The van der Waals surface area contributed by atoms with Gasteiger partial charge in [0.15, 0.2) is 0 Å². The molecule has 2 aromatic carbocycles. The molecule has 3 aromatic rings. The van der Waals surface area contributed by atoms with Gasteiger partial charge >= 0.3 is 0 Å². The molecule has 0 bridgehead atoms. The first kappa shape index (κ1) is 24.3. The number of nitrogens with one attached hydrogen (secondary N) is 1. The maximum absolute atomic E-state index is 14.3. The Bertz CT molecular complexity index is 1380. The quantitative estimate of drug-likeness (QED) is 0.358. The van der Waals surface area contributed by atoms with Gasteiger partial charge in [0, 0.05) is 29.5 Å². The molecule has 196 valence electrons. The van der Waals surface area contributed by atoms with Crippen molar-refractivity contribution < 1.29 is 29.3 Å². The first-order valence-corrected chi connectivity index (χ1v) is 13.1. The largest absolute Gasteiger partial charge is 0.489 e. The van der Waals surface area contributed by atoms with Crippen LogP contribution in [0.3, 0.4) is 0 Å². The van der Waals surface area contributed by atoms with Crippen LogP contribution in [0.5, 0.6) is 11.5 Å². The Balaban J connectivity index is 1.56. The second-order valence-electron chi connectivity index (χ2n) is 11.1. The van der Waals surface area contributed by atoms with Crippen LogP contribution in [-0.2, 0) is 6.42 Å². The molecule has 0 saturated heterocycles. The van der Waals surface area contributed by atoms with Crippen LogP contribution < -0.4 is 20.4 Å². The van der Waals surface area contributed by atoms with E-state index in [1.54, 1.807) is 32.0 Å². The highest BCUT2D eigenvalue weighted by Crippen LogP contribution is 2.47. The molecule has 0 spiro atoms. The number of ether oxygens (including phenoxy) is 2. The lowest BCUT2D eigenvalue weighted by atomic mass is 9.79. The van der Waals surface area contributed by atoms with Crippen LogP contribution in [0.4, 0.5) is 5.69 Å². The van der Waals surface area contributed by atoms with Crippen molar-refractivity contribution in [2.45, 2.75) is 88.6 Å². The second-order valence-corrected chi connectivity index (χ2v) is 11.1. The molecule has 37 heavy (non-hydrogen) atoms. The Hall–Kier alpha value is -3.07. The van der Waals surface area contributed by atoms with Gasteiger partial charge in [0.25, 0.3) is 0 Å². The van der Waals surface area contributed by atoms with E-state index in [-0.39, 0.29) is 23.2 Å². The number of aliphatic hydroxyl groups excluding tert-OH is 1. The molecule has 3 atom stereocenters. The Morgan fingerprint density at radius 1 is 1.08 bits per heavy atom. The maximum Gasteiger partial charge on any atom is 0.200 e. The van der Waals surface area contributed by atoms with Crippen LogP contribution in [-0.4, -0.2) is 33.2 Å². The van der Waals surface area contributed by atoms with E-state index in [2.05, 4.69) is 5.48 Å². The molecule has 4 N–H and O–H groups in total. The number of hydrogen-bond acceptors (Lipinski definition) is 8. The molecule has 0 radical (unpaired) electrons. The lowest BCUT2D eigenvalue weighted by Gasteiger charge is -2.28. The second kappa shape index (κ2) is 9.04. The third-order valence-electron chi connectivity index (χ3n) is 8.12. The third-order valence-corrected chi connectivity index (χ3v) is 8.12. The summed E-state index contributed by atoms with van der Waals surface area (Å²) in [5.41, 5.74) is 3.86. The van der Waals surface area contributed by atoms with Crippen LogP contribution in [0, 0.1) is 0 Å². The van der Waals surface area contributed by atoms with Crippen molar-refractivity contribution in [3.63, 3.8) is 0 Å². The van der Waals surface area contributed by atoms with Crippen molar-refractivity contribution in [1.82, 2.24) is 0 Å². The van der Waals surface area contributed by atoms with Gasteiger partial charge in [0.05, 0.1) is 17.4 Å². The number of benzene rings is 2. The fourth-order valence-electron chi connectivity index (χ4n) is 6.04. The molecule has 3 aliphatic rings. The van der Waals surface area contributed by atoms with Gasteiger partial charge < -0.3 is 24.1 Å². The minimum atomic E-state index is -1.08. The first-order chi connectivity index (χ1) is 17.7. The lowest BCUT2D eigenvalue weighted by molar-refractivity contribution is -0.0229. The Kier molecular flexibility index (Phi) is 5.93. The Morgan fingerprint density at radius 2 is 1.81 bits per heavy atom. The van der Waals surface area contributed by atoms with E-state index < -0.39 is 17.8 Å². The summed E-state index contributed by atoms with van der Waals surface area (Å²) in [7, 11) is 0. The fourth-order valence-corrected chi connectivity index (χ4v) is 6.04. The van der Waals surface area contributed by atoms with Crippen LogP contribution in [0.1, 0.15) is 86.8 Å². The summed E-state index contributed by atoms with van der Waals surface area (Å²) in [5, 5.41) is 31.1. The molecule has 2 aliphatic carbocycles. The van der Waals surface area contributed by atoms with Crippen molar-refractivity contribution in [3.05, 3.63) is 63.0 Å². The summed E-state index contributed by atoms with van der Waals surface area (Å²) in [6.45, 7) is 3.42. The van der Waals surface area contributed by atoms with E-state index in [0.717, 1.165) is 36.8 Å². The molecular formula is C29H33NO7. The third kappa shape index (κ3) is 4.17. The van der Waals surface area contributed by atoms with E-state index >= 15 is 0 Å². The minimum Gasteiger partial charge on any atom is -0.489 e. The van der Waals surface area contributed by atoms with Crippen LogP contribution in [0.15, 0.2) is 39.5 Å². The summed E-state index contributed by atoms with van der Waals surface area (Å²) in [6, 6.07) is 8.94. The number of aliphatic hydroxyl groups is 2. The van der Waals surface area contributed by atoms with Crippen molar-refractivity contribution in [2.24, 2.45) is 0 Å². The fraction of sp³-hybridized carbons (Fsp3) is 0.483. The first-order valence-electron chi connectivity index (χ1n) is 13.1. The van der Waals surface area contributed by atoms with Gasteiger partial charge in [-0.2, -0.15) is 0 Å². The zero-order valence-corrected chi connectivity index (χ0v) is 21.1. The van der Waals surface area contributed by atoms with Gasteiger partial charge in [-0.15, -0.1) is 0 Å². The molecule has 1 fully saturated rings. The highest BCUT2D eigenvalue weighted by molar-refractivity contribution is 5.88. The molecular weight excluding hydrogens is 474 g/mol. The van der Waals surface area contributed by atoms with Crippen molar-refractivity contribution in [2.75, 3.05) is 5.48 Å². The molecule has 1 aliphatic heterocycles. The van der Waals surface area contributed by atoms with Gasteiger partial charge in [-0.3, -0.25) is 15.5 Å². The molecule has 1 saturated carbocycles. The van der Waals surface area contributed by atoms with E-state index in [1.807, 2.05) is 12.1 Å². The molecule has 8 nitrogen and oxygen atoms in total. The predicted octanol–water partition coefficient (Wildman–Crippen LogP) is 4.95.